The average Bonchev–Trinajstić information content (AvgIpc) is 1.79. The smallest absolute Gasteiger partial charge is 0.146 e. The average molecular weight is 184 g/mol. The number of rotatable bonds is 3. The Morgan fingerprint density at radius 3 is 1.67 bits per heavy atom. The van der Waals surface area contributed by atoms with Gasteiger partial charge in [-0.15, -0.1) is 0 Å². The van der Waals surface area contributed by atoms with Crippen LogP contribution in [-0.2, 0) is 4.43 Å². The zero-order valence-electron chi connectivity index (χ0n) is 8.31. The van der Waals surface area contributed by atoms with Crippen LogP contribution in [-0.4, -0.2) is 16.1 Å². The van der Waals surface area contributed by atoms with Crippen LogP contribution in [0, 0.1) is 11.8 Å². The normalized spacial score (nSPS) is 26.8. The quantitative estimate of drug-likeness (QED) is 0.606. The van der Waals surface area contributed by atoms with Crippen LogP contribution in [0.4, 0.5) is 0 Å². The molecule has 0 saturated heterocycles. The SMILES string of the molecule is CC(O[SiH3])(C1CCC1)C1CCC1. The Morgan fingerprint density at radius 2 is 1.50 bits per heavy atom. The lowest BCUT2D eigenvalue weighted by molar-refractivity contribution is -0.0796. The Bertz CT molecular complexity index is 147. The fraction of sp³-hybridized carbons (Fsp3) is 1.00. The van der Waals surface area contributed by atoms with Crippen LogP contribution in [0.1, 0.15) is 45.4 Å². The summed E-state index contributed by atoms with van der Waals surface area (Å²) < 4.78 is 5.88. The largest absolute Gasteiger partial charge is 0.422 e. The molecule has 0 unspecified atom stereocenters. The van der Waals surface area contributed by atoms with Gasteiger partial charge >= 0.3 is 0 Å². The van der Waals surface area contributed by atoms with E-state index in [1.165, 1.54) is 38.5 Å². The molecule has 0 aromatic heterocycles. The molecule has 12 heavy (non-hydrogen) atoms. The van der Waals surface area contributed by atoms with Crippen molar-refractivity contribution >= 4 is 10.5 Å². The molecule has 2 rings (SSSR count). The van der Waals surface area contributed by atoms with E-state index < -0.39 is 0 Å². The molecule has 1 nitrogen and oxygen atoms in total. The predicted octanol–water partition coefficient (Wildman–Crippen LogP) is 1.64. The molecule has 70 valence electrons. The Kier molecular flexibility index (Phi) is 2.30. The fourth-order valence-corrected chi connectivity index (χ4v) is 3.30. The summed E-state index contributed by atoms with van der Waals surface area (Å²) in [6.07, 6.45) is 8.59. The van der Waals surface area contributed by atoms with Crippen LogP contribution in [0.3, 0.4) is 0 Å². The van der Waals surface area contributed by atoms with Gasteiger partial charge < -0.3 is 4.43 Å². The van der Waals surface area contributed by atoms with Gasteiger partial charge in [-0.25, -0.2) is 0 Å². The van der Waals surface area contributed by atoms with E-state index in [-0.39, 0.29) is 0 Å². The van der Waals surface area contributed by atoms with Gasteiger partial charge in [-0.2, -0.15) is 0 Å². The van der Waals surface area contributed by atoms with E-state index in [9.17, 15) is 0 Å². The third-order valence-electron chi connectivity index (χ3n) is 4.27. The summed E-state index contributed by atoms with van der Waals surface area (Å²) in [5.74, 6) is 1.81. The van der Waals surface area contributed by atoms with Gasteiger partial charge in [-0.3, -0.25) is 0 Å². The van der Waals surface area contributed by atoms with Crippen molar-refractivity contribution in [2.45, 2.75) is 51.0 Å². The molecule has 0 N–H and O–H groups in total. The van der Waals surface area contributed by atoms with Crippen molar-refractivity contribution in [2.24, 2.45) is 11.8 Å². The van der Waals surface area contributed by atoms with Crippen LogP contribution < -0.4 is 0 Å². The molecule has 2 aliphatic carbocycles. The second kappa shape index (κ2) is 3.15. The summed E-state index contributed by atoms with van der Waals surface area (Å²) in [4.78, 5) is 0. The summed E-state index contributed by atoms with van der Waals surface area (Å²) in [5, 5.41) is 0. The summed E-state index contributed by atoms with van der Waals surface area (Å²) >= 11 is 0. The van der Waals surface area contributed by atoms with E-state index in [0.29, 0.717) is 5.60 Å². The van der Waals surface area contributed by atoms with Gasteiger partial charge in [0.15, 0.2) is 0 Å². The van der Waals surface area contributed by atoms with Crippen molar-refractivity contribution in [1.29, 1.82) is 0 Å². The Balaban J connectivity index is 2.00. The highest BCUT2D eigenvalue weighted by molar-refractivity contribution is 5.98. The van der Waals surface area contributed by atoms with Crippen molar-refractivity contribution in [3.05, 3.63) is 0 Å². The van der Waals surface area contributed by atoms with Gasteiger partial charge in [0.05, 0.1) is 5.60 Å². The van der Waals surface area contributed by atoms with E-state index in [1.807, 2.05) is 0 Å². The van der Waals surface area contributed by atoms with Crippen molar-refractivity contribution in [1.82, 2.24) is 0 Å². The van der Waals surface area contributed by atoms with Gasteiger partial charge in [0, 0.05) is 0 Å². The second-order valence-electron chi connectivity index (χ2n) is 4.64. The second-order valence-corrected chi connectivity index (χ2v) is 5.05. The predicted molar refractivity (Wildman–Crippen MR) is 54.1 cm³/mol. The Morgan fingerprint density at radius 1 is 1.08 bits per heavy atom. The molecule has 2 fully saturated rings. The molecule has 0 radical (unpaired) electrons. The van der Waals surface area contributed by atoms with Crippen LogP contribution in [0.15, 0.2) is 0 Å². The van der Waals surface area contributed by atoms with E-state index in [4.69, 9.17) is 4.43 Å². The zero-order chi connectivity index (χ0) is 8.60. The zero-order valence-corrected chi connectivity index (χ0v) is 10.3. The molecule has 2 saturated carbocycles. The molecule has 0 bridgehead atoms. The van der Waals surface area contributed by atoms with Gasteiger partial charge in [0.2, 0.25) is 0 Å². The lowest BCUT2D eigenvalue weighted by Crippen LogP contribution is -2.49. The third-order valence-corrected chi connectivity index (χ3v) is 5.15. The summed E-state index contributed by atoms with van der Waals surface area (Å²) in [5.41, 5.74) is 0.294. The Hall–Kier alpha value is 0.177. The topological polar surface area (TPSA) is 9.23 Å². The maximum atomic E-state index is 5.88. The Labute approximate surface area is 78.4 Å². The first kappa shape index (κ1) is 8.76. The maximum absolute atomic E-state index is 5.88. The van der Waals surface area contributed by atoms with Crippen LogP contribution in [0.2, 0.25) is 0 Å². The first-order valence-corrected chi connectivity index (χ1v) is 6.14. The lowest BCUT2D eigenvalue weighted by Gasteiger charge is -2.50. The number of hydrogen-bond donors (Lipinski definition) is 0. The molecule has 0 aromatic carbocycles. The van der Waals surface area contributed by atoms with E-state index in [1.54, 1.807) is 0 Å². The molecule has 0 aromatic rings. The summed E-state index contributed by atoms with van der Waals surface area (Å²) in [6.45, 7) is 2.37. The number of hydrogen-bond acceptors (Lipinski definition) is 1. The monoisotopic (exact) mass is 184 g/mol. The summed E-state index contributed by atoms with van der Waals surface area (Å²) in [6, 6.07) is 0. The lowest BCUT2D eigenvalue weighted by atomic mass is 9.62. The highest BCUT2D eigenvalue weighted by atomic mass is 28.2. The highest BCUT2D eigenvalue weighted by Crippen LogP contribution is 2.48. The van der Waals surface area contributed by atoms with Gasteiger partial charge in [-0.05, 0) is 44.4 Å². The van der Waals surface area contributed by atoms with Crippen molar-refractivity contribution in [2.75, 3.05) is 0 Å². The van der Waals surface area contributed by atoms with Crippen LogP contribution >= 0.6 is 0 Å². The van der Waals surface area contributed by atoms with Crippen molar-refractivity contribution in [3.63, 3.8) is 0 Å². The molecule has 0 atom stereocenters. The molecular weight excluding hydrogens is 164 g/mol. The first-order chi connectivity index (χ1) is 5.77. The molecule has 2 aliphatic rings. The molecule has 0 aliphatic heterocycles. The van der Waals surface area contributed by atoms with E-state index in [0.717, 1.165) is 22.3 Å². The molecule has 2 heteroatoms. The molecule has 0 heterocycles. The summed E-state index contributed by atoms with van der Waals surface area (Å²) in [7, 11) is 0.919. The maximum Gasteiger partial charge on any atom is 0.146 e. The highest BCUT2D eigenvalue weighted by Gasteiger charge is 2.45. The first-order valence-electron chi connectivity index (χ1n) is 5.32. The van der Waals surface area contributed by atoms with Gasteiger partial charge in [0.1, 0.15) is 10.5 Å². The third kappa shape index (κ3) is 1.16. The van der Waals surface area contributed by atoms with Gasteiger partial charge in [-0.1, -0.05) is 12.8 Å². The fourth-order valence-electron chi connectivity index (χ4n) is 2.63. The molecule has 0 spiro atoms. The van der Waals surface area contributed by atoms with Crippen LogP contribution in [0.25, 0.3) is 0 Å². The minimum atomic E-state index is 0.294. The minimum absolute atomic E-state index is 0.294. The standard InChI is InChI=1S/C10H20OSi/c1-10(11-12,8-4-2-5-8)9-6-3-7-9/h8-9H,2-7H2,1,12H3. The van der Waals surface area contributed by atoms with E-state index >= 15 is 0 Å². The van der Waals surface area contributed by atoms with Gasteiger partial charge in [0.25, 0.3) is 0 Å². The van der Waals surface area contributed by atoms with E-state index in [2.05, 4.69) is 6.92 Å². The van der Waals surface area contributed by atoms with Crippen LogP contribution in [0.5, 0.6) is 0 Å². The molecule has 0 amide bonds. The minimum Gasteiger partial charge on any atom is -0.422 e. The van der Waals surface area contributed by atoms with Crippen molar-refractivity contribution < 1.29 is 4.43 Å². The molecular formula is C10H20OSi. The van der Waals surface area contributed by atoms with Crippen molar-refractivity contribution in [3.8, 4) is 0 Å².